The van der Waals surface area contributed by atoms with Gasteiger partial charge < -0.3 is 16.8 Å². The average Bonchev–Trinajstić information content (AvgIpc) is 2.87. The van der Waals surface area contributed by atoms with Gasteiger partial charge in [0, 0.05) is 12.2 Å². The SMILES string of the molecule is CCC1(CNc2cc(C(N)=O)c(N)cc2F)CCCC1. The third-order valence-electron chi connectivity index (χ3n) is 4.47. The summed E-state index contributed by atoms with van der Waals surface area (Å²) in [6.07, 6.45) is 5.85. The number of amides is 1. The third kappa shape index (κ3) is 2.86. The molecule has 2 rings (SSSR count). The van der Waals surface area contributed by atoms with Crippen LogP contribution in [0.1, 0.15) is 49.4 Å². The number of hydrogen-bond acceptors (Lipinski definition) is 3. The first-order chi connectivity index (χ1) is 9.47. The second-order valence-electron chi connectivity index (χ2n) is 5.70. The Morgan fingerprint density at radius 2 is 2.05 bits per heavy atom. The molecule has 110 valence electrons. The van der Waals surface area contributed by atoms with E-state index in [1.54, 1.807) is 0 Å². The minimum atomic E-state index is -0.642. The number of hydrogen-bond donors (Lipinski definition) is 3. The van der Waals surface area contributed by atoms with Crippen LogP contribution in [0, 0.1) is 11.2 Å². The lowest BCUT2D eigenvalue weighted by atomic mass is 9.83. The summed E-state index contributed by atoms with van der Waals surface area (Å²) in [6, 6.07) is 2.56. The molecule has 0 saturated heterocycles. The molecule has 1 aliphatic rings. The van der Waals surface area contributed by atoms with Crippen LogP contribution in [-0.2, 0) is 0 Å². The standard InChI is InChI=1S/C15H22FN3O/c1-2-15(5-3-4-6-15)9-19-13-7-10(14(18)20)12(17)8-11(13)16/h7-8,19H,2-6,9,17H2,1H3,(H2,18,20). The molecule has 0 aliphatic heterocycles. The van der Waals surface area contributed by atoms with Gasteiger partial charge in [-0.3, -0.25) is 4.79 Å². The van der Waals surface area contributed by atoms with Crippen molar-refractivity contribution < 1.29 is 9.18 Å². The number of nitrogens with one attached hydrogen (secondary N) is 1. The molecule has 1 aromatic rings. The first-order valence-corrected chi connectivity index (χ1v) is 7.10. The minimum Gasteiger partial charge on any atom is -0.398 e. The molecule has 4 nitrogen and oxygen atoms in total. The number of anilines is 2. The summed E-state index contributed by atoms with van der Waals surface area (Å²) in [6.45, 7) is 2.88. The van der Waals surface area contributed by atoms with Gasteiger partial charge in [-0.1, -0.05) is 19.8 Å². The van der Waals surface area contributed by atoms with Gasteiger partial charge in [-0.05, 0) is 36.8 Å². The molecule has 0 atom stereocenters. The third-order valence-corrected chi connectivity index (χ3v) is 4.47. The molecule has 0 bridgehead atoms. The van der Waals surface area contributed by atoms with Crippen molar-refractivity contribution in [3.8, 4) is 0 Å². The lowest BCUT2D eigenvalue weighted by Crippen LogP contribution is -2.26. The van der Waals surface area contributed by atoms with E-state index >= 15 is 0 Å². The first-order valence-electron chi connectivity index (χ1n) is 7.10. The summed E-state index contributed by atoms with van der Waals surface area (Å²) < 4.78 is 13.9. The normalized spacial score (nSPS) is 17.1. The zero-order valence-corrected chi connectivity index (χ0v) is 11.8. The highest BCUT2D eigenvalue weighted by molar-refractivity contribution is 5.99. The number of halogens is 1. The maximum Gasteiger partial charge on any atom is 0.250 e. The summed E-state index contributed by atoms with van der Waals surface area (Å²) in [5.74, 6) is -1.09. The molecule has 5 heteroatoms. The second kappa shape index (κ2) is 5.69. The van der Waals surface area contributed by atoms with Gasteiger partial charge in [0.2, 0.25) is 0 Å². The molecular formula is C15H22FN3O. The molecule has 5 N–H and O–H groups in total. The molecule has 1 aliphatic carbocycles. The molecule has 1 saturated carbocycles. The van der Waals surface area contributed by atoms with Crippen LogP contribution in [-0.4, -0.2) is 12.5 Å². The Morgan fingerprint density at radius 1 is 1.40 bits per heavy atom. The van der Waals surface area contributed by atoms with Crippen molar-refractivity contribution in [3.63, 3.8) is 0 Å². The van der Waals surface area contributed by atoms with E-state index in [4.69, 9.17) is 11.5 Å². The number of rotatable bonds is 5. The zero-order chi connectivity index (χ0) is 14.8. The monoisotopic (exact) mass is 279 g/mol. The summed E-state index contributed by atoms with van der Waals surface area (Å²) in [5, 5.41) is 3.13. The van der Waals surface area contributed by atoms with Crippen LogP contribution in [0.25, 0.3) is 0 Å². The van der Waals surface area contributed by atoms with Gasteiger partial charge in [0.05, 0.1) is 11.3 Å². The van der Waals surface area contributed by atoms with E-state index in [0.717, 1.165) is 25.3 Å². The van der Waals surface area contributed by atoms with E-state index in [-0.39, 0.29) is 16.7 Å². The molecule has 0 spiro atoms. The number of primary amides is 1. The van der Waals surface area contributed by atoms with E-state index in [0.29, 0.717) is 12.2 Å². The Balaban J connectivity index is 2.17. The Kier molecular flexibility index (Phi) is 4.16. The highest BCUT2D eigenvalue weighted by Gasteiger charge is 2.31. The summed E-state index contributed by atoms with van der Waals surface area (Å²) >= 11 is 0. The number of carbonyl (C=O) groups is 1. The van der Waals surface area contributed by atoms with Crippen molar-refractivity contribution in [2.24, 2.45) is 11.1 Å². The molecule has 0 heterocycles. The molecule has 0 radical (unpaired) electrons. The van der Waals surface area contributed by atoms with Crippen molar-refractivity contribution in [3.05, 3.63) is 23.5 Å². The maximum absolute atomic E-state index is 13.9. The van der Waals surface area contributed by atoms with Gasteiger partial charge in [0.25, 0.3) is 5.91 Å². The van der Waals surface area contributed by atoms with E-state index in [1.807, 2.05) is 0 Å². The number of nitrogen functional groups attached to an aromatic ring is 1. The summed E-state index contributed by atoms with van der Waals surface area (Å²) in [7, 11) is 0. The van der Waals surface area contributed by atoms with Crippen LogP contribution in [0.5, 0.6) is 0 Å². The van der Waals surface area contributed by atoms with Crippen molar-refractivity contribution in [1.82, 2.24) is 0 Å². The van der Waals surface area contributed by atoms with Crippen LogP contribution >= 0.6 is 0 Å². The molecule has 1 aromatic carbocycles. The number of benzene rings is 1. The highest BCUT2D eigenvalue weighted by atomic mass is 19.1. The smallest absolute Gasteiger partial charge is 0.250 e. The van der Waals surface area contributed by atoms with Crippen molar-refractivity contribution in [2.45, 2.75) is 39.0 Å². The van der Waals surface area contributed by atoms with Crippen LogP contribution in [0.4, 0.5) is 15.8 Å². The van der Waals surface area contributed by atoms with Gasteiger partial charge in [-0.2, -0.15) is 0 Å². The van der Waals surface area contributed by atoms with Crippen molar-refractivity contribution >= 4 is 17.3 Å². The topological polar surface area (TPSA) is 81.1 Å². The molecular weight excluding hydrogens is 257 g/mol. The van der Waals surface area contributed by atoms with E-state index in [1.165, 1.54) is 18.9 Å². The molecule has 1 amide bonds. The molecule has 20 heavy (non-hydrogen) atoms. The van der Waals surface area contributed by atoms with Crippen molar-refractivity contribution in [1.29, 1.82) is 0 Å². The van der Waals surface area contributed by atoms with Crippen LogP contribution in [0.3, 0.4) is 0 Å². The predicted octanol–water partition coefficient (Wildman–Crippen LogP) is 2.89. The number of nitrogens with two attached hydrogens (primary N) is 2. The van der Waals surface area contributed by atoms with Gasteiger partial charge >= 0.3 is 0 Å². The lowest BCUT2D eigenvalue weighted by Gasteiger charge is -2.28. The maximum atomic E-state index is 13.9. The average molecular weight is 279 g/mol. The quantitative estimate of drug-likeness (QED) is 0.725. The van der Waals surface area contributed by atoms with Crippen molar-refractivity contribution in [2.75, 3.05) is 17.6 Å². The summed E-state index contributed by atoms with van der Waals surface area (Å²) in [4.78, 5) is 11.3. The molecule has 0 unspecified atom stereocenters. The largest absolute Gasteiger partial charge is 0.398 e. The van der Waals surface area contributed by atoms with Crippen LogP contribution in [0.15, 0.2) is 12.1 Å². The fraction of sp³-hybridized carbons (Fsp3) is 0.533. The second-order valence-corrected chi connectivity index (χ2v) is 5.70. The zero-order valence-electron chi connectivity index (χ0n) is 11.8. The fourth-order valence-corrected chi connectivity index (χ4v) is 3.00. The minimum absolute atomic E-state index is 0.0756. The summed E-state index contributed by atoms with van der Waals surface area (Å²) in [5.41, 5.74) is 11.6. The lowest BCUT2D eigenvalue weighted by molar-refractivity contribution is 0.100. The Hall–Kier alpha value is -1.78. The van der Waals surface area contributed by atoms with Gasteiger partial charge in [-0.15, -0.1) is 0 Å². The Bertz CT molecular complexity index is 510. The fourth-order valence-electron chi connectivity index (χ4n) is 3.00. The molecule has 0 aromatic heterocycles. The predicted molar refractivity (Wildman–Crippen MR) is 79.0 cm³/mol. The number of carbonyl (C=O) groups excluding carboxylic acids is 1. The Labute approximate surface area is 118 Å². The van der Waals surface area contributed by atoms with Crippen LogP contribution < -0.4 is 16.8 Å². The molecule has 1 fully saturated rings. The van der Waals surface area contributed by atoms with E-state index in [2.05, 4.69) is 12.2 Å². The van der Waals surface area contributed by atoms with Gasteiger partial charge in [0.1, 0.15) is 5.82 Å². The van der Waals surface area contributed by atoms with E-state index < -0.39 is 11.7 Å². The van der Waals surface area contributed by atoms with E-state index in [9.17, 15) is 9.18 Å². The van der Waals surface area contributed by atoms with Gasteiger partial charge in [-0.25, -0.2) is 4.39 Å². The highest BCUT2D eigenvalue weighted by Crippen LogP contribution is 2.41. The Morgan fingerprint density at radius 3 is 2.60 bits per heavy atom. The van der Waals surface area contributed by atoms with Crippen LogP contribution in [0.2, 0.25) is 0 Å². The first kappa shape index (κ1) is 14.6. The van der Waals surface area contributed by atoms with Gasteiger partial charge in [0.15, 0.2) is 0 Å².